The molecule has 1 saturated heterocycles. The standard InChI is InChI=1S/C11H21N3O2/c1-11(2,8-9(12)15)13-10(16)14-6-4-3-5-7-14/h3-8H2,1-2H3,(H2,12,15)(H,13,16). The number of carbonyl (C=O) groups excluding carboxylic acids is 2. The van der Waals surface area contributed by atoms with E-state index in [1.54, 1.807) is 18.7 Å². The number of hydrogen-bond donors (Lipinski definition) is 2. The van der Waals surface area contributed by atoms with Gasteiger partial charge in [0.25, 0.3) is 0 Å². The first-order valence-electron chi connectivity index (χ1n) is 5.76. The first-order chi connectivity index (χ1) is 7.41. The van der Waals surface area contributed by atoms with Crippen molar-refractivity contribution < 1.29 is 9.59 Å². The molecule has 0 aromatic heterocycles. The number of urea groups is 1. The highest BCUT2D eigenvalue weighted by Crippen LogP contribution is 2.12. The number of hydrogen-bond acceptors (Lipinski definition) is 2. The minimum Gasteiger partial charge on any atom is -0.370 e. The van der Waals surface area contributed by atoms with Crippen LogP contribution >= 0.6 is 0 Å². The molecule has 0 spiro atoms. The van der Waals surface area contributed by atoms with Gasteiger partial charge >= 0.3 is 6.03 Å². The highest BCUT2D eigenvalue weighted by Gasteiger charge is 2.26. The lowest BCUT2D eigenvalue weighted by molar-refractivity contribution is -0.119. The summed E-state index contributed by atoms with van der Waals surface area (Å²) in [6.45, 7) is 5.22. The fourth-order valence-corrected chi connectivity index (χ4v) is 1.95. The molecule has 0 aromatic carbocycles. The third kappa shape index (κ3) is 4.08. The molecule has 3 N–H and O–H groups in total. The van der Waals surface area contributed by atoms with Crippen molar-refractivity contribution in [3.05, 3.63) is 0 Å². The van der Waals surface area contributed by atoms with Crippen molar-refractivity contribution in [2.45, 2.75) is 45.1 Å². The van der Waals surface area contributed by atoms with Crippen LogP contribution < -0.4 is 11.1 Å². The van der Waals surface area contributed by atoms with E-state index in [0.717, 1.165) is 25.9 Å². The summed E-state index contributed by atoms with van der Waals surface area (Å²) in [4.78, 5) is 24.5. The summed E-state index contributed by atoms with van der Waals surface area (Å²) < 4.78 is 0. The maximum Gasteiger partial charge on any atom is 0.317 e. The molecule has 0 atom stereocenters. The van der Waals surface area contributed by atoms with Crippen molar-refractivity contribution >= 4 is 11.9 Å². The van der Waals surface area contributed by atoms with Crippen LogP contribution in [0.2, 0.25) is 0 Å². The molecule has 16 heavy (non-hydrogen) atoms. The number of primary amides is 1. The van der Waals surface area contributed by atoms with Crippen LogP contribution in [0.4, 0.5) is 4.79 Å². The van der Waals surface area contributed by atoms with E-state index in [9.17, 15) is 9.59 Å². The van der Waals surface area contributed by atoms with Gasteiger partial charge in [-0.15, -0.1) is 0 Å². The maximum atomic E-state index is 11.9. The molecule has 1 heterocycles. The number of piperidine rings is 1. The van der Waals surface area contributed by atoms with Crippen LogP contribution in [0.5, 0.6) is 0 Å². The number of amides is 3. The van der Waals surface area contributed by atoms with Crippen LogP contribution in [0.15, 0.2) is 0 Å². The Labute approximate surface area is 96.4 Å². The van der Waals surface area contributed by atoms with Crippen molar-refractivity contribution in [1.82, 2.24) is 10.2 Å². The molecule has 1 fully saturated rings. The zero-order chi connectivity index (χ0) is 12.2. The average molecular weight is 227 g/mol. The predicted molar refractivity (Wildman–Crippen MR) is 61.8 cm³/mol. The van der Waals surface area contributed by atoms with E-state index in [0.29, 0.717) is 0 Å². The average Bonchev–Trinajstić information content (AvgIpc) is 2.16. The molecule has 5 heteroatoms. The first kappa shape index (κ1) is 12.8. The van der Waals surface area contributed by atoms with Crippen LogP contribution in [0.3, 0.4) is 0 Å². The Hall–Kier alpha value is -1.26. The SMILES string of the molecule is CC(C)(CC(N)=O)NC(=O)N1CCCCC1. The molecule has 1 aliphatic heterocycles. The number of likely N-dealkylation sites (tertiary alicyclic amines) is 1. The van der Waals surface area contributed by atoms with Gasteiger partial charge in [-0.25, -0.2) is 4.79 Å². The predicted octanol–water partition coefficient (Wildman–Crippen LogP) is 0.836. The lowest BCUT2D eigenvalue weighted by Crippen LogP contribution is -2.52. The van der Waals surface area contributed by atoms with Gasteiger partial charge in [0.05, 0.1) is 0 Å². The number of nitrogens with one attached hydrogen (secondary N) is 1. The summed E-state index contributed by atoms with van der Waals surface area (Å²) in [5.41, 5.74) is 4.56. The van der Waals surface area contributed by atoms with E-state index in [1.165, 1.54) is 6.42 Å². The Kier molecular flexibility index (Phi) is 4.15. The number of carbonyl (C=O) groups is 2. The molecule has 92 valence electrons. The molecule has 0 radical (unpaired) electrons. The van der Waals surface area contributed by atoms with E-state index >= 15 is 0 Å². The van der Waals surface area contributed by atoms with E-state index in [4.69, 9.17) is 5.73 Å². The van der Waals surface area contributed by atoms with Gasteiger partial charge in [-0.3, -0.25) is 4.79 Å². The van der Waals surface area contributed by atoms with E-state index in [-0.39, 0.29) is 12.5 Å². The summed E-state index contributed by atoms with van der Waals surface area (Å²) in [6.07, 6.45) is 3.47. The second-order valence-corrected chi connectivity index (χ2v) is 5.00. The van der Waals surface area contributed by atoms with Crippen LogP contribution in [0, 0.1) is 0 Å². The van der Waals surface area contributed by atoms with Gasteiger partial charge in [0.2, 0.25) is 5.91 Å². The normalized spacial score (nSPS) is 17.0. The molecule has 3 amide bonds. The number of nitrogens with two attached hydrogens (primary N) is 1. The molecule has 5 nitrogen and oxygen atoms in total. The third-order valence-electron chi connectivity index (χ3n) is 2.70. The molecule has 0 bridgehead atoms. The second kappa shape index (κ2) is 5.18. The van der Waals surface area contributed by atoms with Gasteiger partial charge in [0.15, 0.2) is 0 Å². The number of rotatable bonds is 3. The first-order valence-corrected chi connectivity index (χ1v) is 5.76. The fraction of sp³-hybridized carbons (Fsp3) is 0.818. The highest BCUT2D eigenvalue weighted by atomic mass is 16.2. The third-order valence-corrected chi connectivity index (χ3v) is 2.70. The Morgan fingerprint density at radius 2 is 1.81 bits per heavy atom. The van der Waals surface area contributed by atoms with Crippen molar-refractivity contribution in [2.24, 2.45) is 5.73 Å². The van der Waals surface area contributed by atoms with Crippen molar-refractivity contribution in [3.8, 4) is 0 Å². The Morgan fingerprint density at radius 1 is 1.25 bits per heavy atom. The highest BCUT2D eigenvalue weighted by molar-refractivity contribution is 5.78. The smallest absolute Gasteiger partial charge is 0.317 e. The minimum atomic E-state index is -0.569. The van der Waals surface area contributed by atoms with Crippen molar-refractivity contribution in [3.63, 3.8) is 0 Å². The summed E-state index contributed by atoms with van der Waals surface area (Å²) in [7, 11) is 0. The summed E-state index contributed by atoms with van der Waals surface area (Å²) in [5.74, 6) is -0.399. The number of nitrogens with zero attached hydrogens (tertiary/aromatic N) is 1. The molecular formula is C11H21N3O2. The van der Waals surface area contributed by atoms with Gasteiger partial charge in [-0.05, 0) is 33.1 Å². The summed E-state index contributed by atoms with van der Waals surface area (Å²) in [5, 5.41) is 2.84. The molecule has 0 aliphatic carbocycles. The lowest BCUT2D eigenvalue weighted by atomic mass is 10.0. The Morgan fingerprint density at radius 3 is 2.31 bits per heavy atom. The molecule has 0 aromatic rings. The van der Waals surface area contributed by atoms with Gasteiger partial charge in [0, 0.05) is 25.0 Å². The van der Waals surface area contributed by atoms with Crippen LogP contribution in [-0.4, -0.2) is 35.5 Å². The zero-order valence-corrected chi connectivity index (χ0v) is 10.1. The molecule has 1 rings (SSSR count). The minimum absolute atomic E-state index is 0.0917. The van der Waals surface area contributed by atoms with E-state index in [1.807, 2.05) is 0 Å². The van der Waals surface area contributed by atoms with Gasteiger partial charge in [-0.2, -0.15) is 0 Å². The Bertz CT molecular complexity index is 270. The monoisotopic (exact) mass is 227 g/mol. The van der Waals surface area contributed by atoms with Crippen LogP contribution in [-0.2, 0) is 4.79 Å². The largest absolute Gasteiger partial charge is 0.370 e. The van der Waals surface area contributed by atoms with Crippen LogP contribution in [0.1, 0.15) is 39.5 Å². The van der Waals surface area contributed by atoms with Gasteiger partial charge in [0.1, 0.15) is 0 Å². The second-order valence-electron chi connectivity index (χ2n) is 5.00. The van der Waals surface area contributed by atoms with Crippen molar-refractivity contribution in [2.75, 3.05) is 13.1 Å². The Balaban J connectivity index is 2.45. The van der Waals surface area contributed by atoms with E-state index < -0.39 is 11.4 Å². The molecule has 0 saturated carbocycles. The topological polar surface area (TPSA) is 75.4 Å². The molecule has 1 aliphatic rings. The maximum absolute atomic E-state index is 11.9. The fourth-order valence-electron chi connectivity index (χ4n) is 1.95. The van der Waals surface area contributed by atoms with Crippen molar-refractivity contribution in [1.29, 1.82) is 0 Å². The van der Waals surface area contributed by atoms with Gasteiger partial charge < -0.3 is 16.0 Å². The molecule has 0 unspecified atom stereocenters. The van der Waals surface area contributed by atoms with E-state index in [2.05, 4.69) is 5.32 Å². The molecular weight excluding hydrogens is 206 g/mol. The van der Waals surface area contributed by atoms with Crippen LogP contribution in [0.25, 0.3) is 0 Å². The lowest BCUT2D eigenvalue weighted by Gasteiger charge is -2.32. The van der Waals surface area contributed by atoms with Gasteiger partial charge in [-0.1, -0.05) is 0 Å². The quantitative estimate of drug-likeness (QED) is 0.749. The zero-order valence-electron chi connectivity index (χ0n) is 10.1. The summed E-state index contributed by atoms with van der Waals surface area (Å²) >= 11 is 0. The summed E-state index contributed by atoms with van der Waals surface area (Å²) in [6, 6.07) is -0.0917.